The Balaban J connectivity index is 2.47. The monoisotopic (exact) mass is 199 g/mol. The first kappa shape index (κ1) is 12.0. The molecule has 0 spiro atoms. The van der Waals surface area contributed by atoms with Gasteiger partial charge in [-0.3, -0.25) is 0 Å². The Labute approximate surface area is 88.3 Å². The molecule has 0 saturated heterocycles. The molecule has 1 fully saturated rings. The summed E-state index contributed by atoms with van der Waals surface area (Å²) in [7, 11) is 0. The van der Waals surface area contributed by atoms with Gasteiger partial charge in [0, 0.05) is 12.6 Å². The molecule has 1 aliphatic carbocycles. The molecule has 1 N–H and O–H groups in total. The molecular weight excluding hydrogens is 174 g/mol. The second kappa shape index (κ2) is 6.41. The van der Waals surface area contributed by atoms with Gasteiger partial charge in [0.2, 0.25) is 0 Å². The van der Waals surface area contributed by atoms with E-state index in [-0.39, 0.29) is 0 Å². The molecule has 0 aromatic heterocycles. The molecule has 0 aromatic rings. The topological polar surface area (TPSA) is 23.5 Å². The zero-order valence-corrected chi connectivity index (χ0v) is 9.71. The first-order valence-electron chi connectivity index (χ1n) is 6.18. The van der Waals surface area contributed by atoms with E-state index in [9.17, 15) is 5.11 Å². The number of aliphatic hydroxyl groups excluding tert-OH is 1. The van der Waals surface area contributed by atoms with Gasteiger partial charge in [0.1, 0.15) is 0 Å². The normalized spacial score (nSPS) is 27.4. The van der Waals surface area contributed by atoms with E-state index in [0.29, 0.717) is 18.6 Å². The minimum Gasteiger partial charge on any atom is -0.396 e. The van der Waals surface area contributed by atoms with E-state index in [0.717, 1.165) is 0 Å². The number of hydrogen-bond donors (Lipinski definition) is 1. The lowest BCUT2D eigenvalue weighted by Gasteiger charge is -2.31. The number of nitrogens with zero attached hydrogens (tertiary/aromatic N) is 1. The van der Waals surface area contributed by atoms with E-state index < -0.39 is 0 Å². The van der Waals surface area contributed by atoms with Crippen LogP contribution in [0.15, 0.2) is 0 Å². The molecule has 2 heteroatoms. The van der Waals surface area contributed by atoms with Crippen LogP contribution in [0.25, 0.3) is 0 Å². The SMILES string of the molecule is CCCN(CCC)C1CCCC1CO. The maximum Gasteiger partial charge on any atom is 0.0474 e. The Morgan fingerprint density at radius 3 is 2.29 bits per heavy atom. The van der Waals surface area contributed by atoms with Gasteiger partial charge in [0.15, 0.2) is 0 Å². The van der Waals surface area contributed by atoms with Crippen LogP contribution in [0.5, 0.6) is 0 Å². The van der Waals surface area contributed by atoms with Gasteiger partial charge < -0.3 is 10.0 Å². The minimum atomic E-state index is 0.384. The average Bonchev–Trinajstić information content (AvgIpc) is 2.65. The van der Waals surface area contributed by atoms with E-state index in [1.54, 1.807) is 0 Å². The van der Waals surface area contributed by atoms with Gasteiger partial charge >= 0.3 is 0 Å². The van der Waals surface area contributed by atoms with Crippen molar-refractivity contribution in [3.63, 3.8) is 0 Å². The van der Waals surface area contributed by atoms with Crippen LogP contribution >= 0.6 is 0 Å². The minimum absolute atomic E-state index is 0.384. The third-order valence-electron chi connectivity index (χ3n) is 3.34. The first-order chi connectivity index (χ1) is 6.83. The van der Waals surface area contributed by atoms with E-state index in [2.05, 4.69) is 18.7 Å². The van der Waals surface area contributed by atoms with Crippen LogP contribution in [-0.4, -0.2) is 35.7 Å². The molecule has 84 valence electrons. The van der Waals surface area contributed by atoms with E-state index >= 15 is 0 Å². The van der Waals surface area contributed by atoms with Gasteiger partial charge in [-0.1, -0.05) is 20.3 Å². The summed E-state index contributed by atoms with van der Waals surface area (Å²) in [6, 6.07) is 0.667. The third-order valence-corrected chi connectivity index (χ3v) is 3.34. The Morgan fingerprint density at radius 1 is 1.14 bits per heavy atom. The molecule has 1 aliphatic rings. The zero-order chi connectivity index (χ0) is 10.4. The zero-order valence-electron chi connectivity index (χ0n) is 9.71. The van der Waals surface area contributed by atoms with Gasteiger partial charge in [-0.15, -0.1) is 0 Å². The predicted octanol–water partition coefficient (Wildman–Crippen LogP) is 2.27. The average molecular weight is 199 g/mol. The van der Waals surface area contributed by atoms with Crippen molar-refractivity contribution in [2.45, 2.75) is 52.0 Å². The lowest BCUT2D eigenvalue weighted by Crippen LogP contribution is -2.40. The maximum atomic E-state index is 9.30. The molecule has 2 nitrogen and oxygen atoms in total. The Bertz CT molecular complexity index is 143. The van der Waals surface area contributed by atoms with Crippen molar-refractivity contribution in [2.24, 2.45) is 5.92 Å². The Kier molecular flexibility index (Phi) is 5.49. The van der Waals surface area contributed by atoms with Crippen molar-refractivity contribution >= 4 is 0 Å². The van der Waals surface area contributed by atoms with Gasteiger partial charge in [-0.2, -0.15) is 0 Å². The maximum absolute atomic E-state index is 9.30. The van der Waals surface area contributed by atoms with E-state index in [1.165, 1.54) is 45.2 Å². The predicted molar refractivity (Wildman–Crippen MR) is 60.4 cm³/mol. The highest BCUT2D eigenvalue weighted by atomic mass is 16.3. The summed E-state index contributed by atoms with van der Waals surface area (Å²) in [6.45, 7) is 7.27. The lowest BCUT2D eigenvalue weighted by molar-refractivity contribution is 0.116. The molecule has 14 heavy (non-hydrogen) atoms. The van der Waals surface area contributed by atoms with Gasteiger partial charge in [-0.05, 0) is 44.7 Å². The number of rotatable bonds is 6. The highest BCUT2D eigenvalue weighted by Crippen LogP contribution is 2.29. The Hall–Kier alpha value is -0.0800. The van der Waals surface area contributed by atoms with Crippen LogP contribution in [0.1, 0.15) is 46.0 Å². The number of aliphatic hydroxyl groups is 1. The largest absolute Gasteiger partial charge is 0.396 e. The number of hydrogen-bond acceptors (Lipinski definition) is 2. The molecule has 2 unspecified atom stereocenters. The third kappa shape index (κ3) is 2.96. The molecule has 1 saturated carbocycles. The van der Waals surface area contributed by atoms with Gasteiger partial charge in [0.25, 0.3) is 0 Å². The lowest BCUT2D eigenvalue weighted by atomic mass is 10.0. The highest BCUT2D eigenvalue weighted by molar-refractivity contribution is 4.84. The summed E-state index contributed by atoms with van der Waals surface area (Å²) in [5.41, 5.74) is 0. The van der Waals surface area contributed by atoms with Crippen molar-refractivity contribution in [1.29, 1.82) is 0 Å². The molecular formula is C12H25NO. The van der Waals surface area contributed by atoms with Crippen LogP contribution < -0.4 is 0 Å². The molecule has 0 heterocycles. The smallest absolute Gasteiger partial charge is 0.0474 e. The summed E-state index contributed by atoms with van der Waals surface area (Å²) in [4.78, 5) is 2.59. The van der Waals surface area contributed by atoms with Crippen molar-refractivity contribution < 1.29 is 5.11 Å². The van der Waals surface area contributed by atoms with Crippen molar-refractivity contribution in [3.8, 4) is 0 Å². The van der Waals surface area contributed by atoms with Crippen LogP contribution in [0.3, 0.4) is 0 Å². The first-order valence-corrected chi connectivity index (χ1v) is 6.18. The van der Waals surface area contributed by atoms with Gasteiger partial charge in [-0.25, -0.2) is 0 Å². The molecule has 2 atom stereocenters. The van der Waals surface area contributed by atoms with Crippen LogP contribution in [0.2, 0.25) is 0 Å². The standard InChI is InChI=1S/C12H25NO/c1-3-8-13(9-4-2)12-7-5-6-11(12)10-14/h11-12,14H,3-10H2,1-2H3. The van der Waals surface area contributed by atoms with Crippen LogP contribution in [0.4, 0.5) is 0 Å². The van der Waals surface area contributed by atoms with E-state index in [4.69, 9.17) is 0 Å². The van der Waals surface area contributed by atoms with Crippen molar-refractivity contribution in [2.75, 3.05) is 19.7 Å². The fourth-order valence-electron chi connectivity index (χ4n) is 2.73. The van der Waals surface area contributed by atoms with Crippen molar-refractivity contribution in [1.82, 2.24) is 4.90 Å². The summed E-state index contributed by atoms with van der Waals surface area (Å²) in [6.07, 6.45) is 6.29. The second-order valence-corrected chi connectivity index (χ2v) is 4.48. The quantitative estimate of drug-likeness (QED) is 0.709. The van der Waals surface area contributed by atoms with Crippen molar-refractivity contribution in [3.05, 3.63) is 0 Å². The summed E-state index contributed by atoms with van der Waals surface area (Å²) < 4.78 is 0. The van der Waals surface area contributed by atoms with Crippen LogP contribution in [-0.2, 0) is 0 Å². The Morgan fingerprint density at radius 2 is 1.79 bits per heavy atom. The summed E-state index contributed by atoms with van der Waals surface area (Å²) in [5, 5.41) is 9.30. The summed E-state index contributed by atoms with van der Waals surface area (Å²) in [5.74, 6) is 0.549. The second-order valence-electron chi connectivity index (χ2n) is 4.48. The summed E-state index contributed by atoms with van der Waals surface area (Å²) >= 11 is 0. The van der Waals surface area contributed by atoms with E-state index in [1.807, 2.05) is 0 Å². The van der Waals surface area contributed by atoms with Gasteiger partial charge in [0.05, 0.1) is 0 Å². The highest BCUT2D eigenvalue weighted by Gasteiger charge is 2.30. The molecule has 0 radical (unpaired) electrons. The fraction of sp³-hybridized carbons (Fsp3) is 1.00. The molecule has 0 aromatic carbocycles. The van der Waals surface area contributed by atoms with Crippen LogP contribution in [0, 0.1) is 5.92 Å². The molecule has 0 aliphatic heterocycles. The molecule has 0 bridgehead atoms. The molecule has 0 amide bonds. The molecule has 1 rings (SSSR count). The fourth-order valence-corrected chi connectivity index (χ4v) is 2.73.